The topological polar surface area (TPSA) is 37.3 Å². The first-order valence-corrected chi connectivity index (χ1v) is 5.15. The third-order valence-electron chi connectivity index (χ3n) is 1.47. The van der Waals surface area contributed by atoms with Crippen LogP contribution in [0.15, 0.2) is 27.2 Å². The summed E-state index contributed by atoms with van der Waals surface area (Å²) in [4.78, 5) is 10.2. The molecule has 0 saturated heterocycles. The molecule has 0 saturated carbocycles. The highest BCUT2D eigenvalue weighted by Crippen LogP contribution is 2.29. The molecule has 0 unspecified atom stereocenters. The van der Waals surface area contributed by atoms with E-state index >= 15 is 0 Å². The van der Waals surface area contributed by atoms with Crippen molar-refractivity contribution < 1.29 is 14.3 Å². The van der Waals surface area contributed by atoms with E-state index in [-0.39, 0.29) is 5.56 Å². The molecule has 0 aliphatic rings. The first-order valence-electron chi connectivity index (χ1n) is 3.57. The van der Waals surface area contributed by atoms with Gasteiger partial charge in [0.25, 0.3) is 0 Å². The molecule has 1 N–H and O–H groups in total. The van der Waals surface area contributed by atoms with E-state index in [0.29, 0.717) is 8.95 Å². The van der Waals surface area contributed by atoms with Crippen LogP contribution >= 0.6 is 31.9 Å². The standard InChI is InChI=1S/C9H5Br2FO2/c10-6-2-3-7(12)5(9(6)11)1-4-8(13)14/h1-4H,(H,13,14)/b4-1+. The first kappa shape index (κ1) is 11.4. The lowest BCUT2D eigenvalue weighted by Gasteiger charge is -2.02. The minimum atomic E-state index is -1.11. The van der Waals surface area contributed by atoms with E-state index in [0.717, 1.165) is 6.08 Å². The van der Waals surface area contributed by atoms with Gasteiger partial charge in [0.15, 0.2) is 0 Å². The molecule has 0 atom stereocenters. The molecule has 0 fully saturated rings. The van der Waals surface area contributed by atoms with E-state index < -0.39 is 11.8 Å². The lowest BCUT2D eigenvalue weighted by Crippen LogP contribution is -1.89. The summed E-state index contributed by atoms with van der Waals surface area (Å²) >= 11 is 6.34. The fourth-order valence-electron chi connectivity index (χ4n) is 0.850. The maximum absolute atomic E-state index is 13.2. The van der Waals surface area contributed by atoms with Gasteiger partial charge in [-0.3, -0.25) is 0 Å². The normalized spacial score (nSPS) is 10.8. The number of rotatable bonds is 2. The minimum Gasteiger partial charge on any atom is -0.478 e. The molecule has 0 amide bonds. The number of benzene rings is 1. The molecule has 1 aromatic rings. The maximum Gasteiger partial charge on any atom is 0.328 e. The van der Waals surface area contributed by atoms with Crippen molar-refractivity contribution in [1.29, 1.82) is 0 Å². The van der Waals surface area contributed by atoms with E-state index in [4.69, 9.17) is 5.11 Å². The third kappa shape index (κ3) is 2.65. The second-order valence-corrected chi connectivity index (χ2v) is 4.08. The molecular formula is C9H5Br2FO2. The van der Waals surface area contributed by atoms with Crippen molar-refractivity contribution in [3.8, 4) is 0 Å². The van der Waals surface area contributed by atoms with Crippen LogP contribution in [0.3, 0.4) is 0 Å². The summed E-state index contributed by atoms with van der Waals surface area (Å²) in [6.45, 7) is 0. The Balaban J connectivity index is 3.19. The van der Waals surface area contributed by atoms with E-state index in [1.54, 1.807) is 0 Å². The summed E-state index contributed by atoms with van der Waals surface area (Å²) in [6, 6.07) is 2.80. The Morgan fingerprint density at radius 1 is 1.43 bits per heavy atom. The van der Waals surface area contributed by atoms with Gasteiger partial charge in [-0.2, -0.15) is 0 Å². The lowest BCUT2D eigenvalue weighted by molar-refractivity contribution is -0.131. The fourth-order valence-corrected chi connectivity index (χ4v) is 1.65. The maximum atomic E-state index is 13.2. The summed E-state index contributed by atoms with van der Waals surface area (Å²) in [5, 5.41) is 8.39. The van der Waals surface area contributed by atoms with Crippen LogP contribution in [0.5, 0.6) is 0 Å². The van der Waals surface area contributed by atoms with Crippen LogP contribution in [-0.2, 0) is 4.79 Å². The van der Waals surface area contributed by atoms with Gasteiger partial charge in [-0.15, -0.1) is 0 Å². The second-order valence-electron chi connectivity index (χ2n) is 2.43. The average molecular weight is 324 g/mol. The quantitative estimate of drug-likeness (QED) is 0.668. The fraction of sp³-hybridized carbons (Fsp3) is 0. The largest absolute Gasteiger partial charge is 0.478 e. The highest BCUT2D eigenvalue weighted by Gasteiger charge is 2.07. The smallest absolute Gasteiger partial charge is 0.328 e. The average Bonchev–Trinajstić information content (AvgIpc) is 2.11. The molecule has 5 heteroatoms. The molecule has 1 aromatic carbocycles. The molecule has 74 valence electrons. The Morgan fingerprint density at radius 3 is 2.64 bits per heavy atom. The van der Waals surface area contributed by atoms with Gasteiger partial charge in [-0.1, -0.05) is 0 Å². The Kier molecular flexibility index (Phi) is 3.83. The van der Waals surface area contributed by atoms with Gasteiger partial charge in [-0.05, 0) is 50.1 Å². The monoisotopic (exact) mass is 322 g/mol. The predicted octanol–water partition coefficient (Wildman–Crippen LogP) is 3.45. The van der Waals surface area contributed by atoms with Gasteiger partial charge in [0.2, 0.25) is 0 Å². The van der Waals surface area contributed by atoms with Crippen LogP contribution in [0.25, 0.3) is 6.08 Å². The van der Waals surface area contributed by atoms with Crippen LogP contribution < -0.4 is 0 Å². The summed E-state index contributed by atoms with van der Waals surface area (Å²) < 4.78 is 14.4. The van der Waals surface area contributed by atoms with Crippen molar-refractivity contribution >= 4 is 43.9 Å². The SMILES string of the molecule is O=C(O)/C=C/c1c(F)ccc(Br)c1Br. The Bertz CT molecular complexity index is 402. The minimum absolute atomic E-state index is 0.210. The van der Waals surface area contributed by atoms with E-state index in [9.17, 15) is 9.18 Å². The summed E-state index contributed by atoms with van der Waals surface area (Å²) in [7, 11) is 0. The van der Waals surface area contributed by atoms with E-state index in [1.807, 2.05) is 0 Å². The van der Waals surface area contributed by atoms with Crippen LogP contribution in [0.2, 0.25) is 0 Å². The van der Waals surface area contributed by atoms with E-state index in [2.05, 4.69) is 31.9 Å². The zero-order chi connectivity index (χ0) is 10.7. The number of aliphatic carboxylic acids is 1. The summed E-state index contributed by atoms with van der Waals surface area (Å²) in [5.41, 5.74) is 0.210. The molecule has 0 aliphatic heterocycles. The highest BCUT2D eigenvalue weighted by atomic mass is 79.9. The summed E-state index contributed by atoms with van der Waals surface area (Å²) in [6.07, 6.45) is 2.09. The predicted molar refractivity (Wildman–Crippen MR) is 58.5 cm³/mol. The first-order chi connectivity index (χ1) is 6.52. The number of halogens is 3. The van der Waals surface area contributed by atoms with Gasteiger partial charge in [0, 0.05) is 20.6 Å². The second kappa shape index (κ2) is 4.70. The van der Waals surface area contributed by atoms with E-state index in [1.165, 1.54) is 18.2 Å². The van der Waals surface area contributed by atoms with Gasteiger partial charge < -0.3 is 5.11 Å². The van der Waals surface area contributed by atoms with Gasteiger partial charge in [-0.25, -0.2) is 9.18 Å². The van der Waals surface area contributed by atoms with Crippen LogP contribution in [0, 0.1) is 5.82 Å². The van der Waals surface area contributed by atoms with Crippen LogP contribution in [0.4, 0.5) is 4.39 Å². The van der Waals surface area contributed by atoms with Crippen molar-refractivity contribution in [2.45, 2.75) is 0 Å². The zero-order valence-corrected chi connectivity index (χ0v) is 9.97. The molecule has 0 aliphatic carbocycles. The highest BCUT2D eigenvalue weighted by molar-refractivity contribution is 9.13. The Labute approximate surface area is 96.7 Å². The molecule has 14 heavy (non-hydrogen) atoms. The number of carboxylic acids is 1. The number of hydrogen-bond donors (Lipinski definition) is 1. The molecule has 0 aromatic heterocycles. The molecule has 1 rings (SSSR count). The molecule has 0 heterocycles. The van der Waals surface area contributed by atoms with Crippen molar-refractivity contribution in [3.05, 3.63) is 38.5 Å². The van der Waals surface area contributed by atoms with Crippen LogP contribution in [0.1, 0.15) is 5.56 Å². The Morgan fingerprint density at radius 2 is 2.07 bits per heavy atom. The number of carbonyl (C=O) groups is 1. The van der Waals surface area contributed by atoms with Crippen molar-refractivity contribution in [2.75, 3.05) is 0 Å². The van der Waals surface area contributed by atoms with Gasteiger partial charge in [0.1, 0.15) is 5.82 Å². The molecular weight excluding hydrogens is 319 g/mol. The zero-order valence-electron chi connectivity index (χ0n) is 6.80. The van der Waals surface area contributed by atoms with Crippen molar-refractivity contribution in [1.82, 2.24) is 0 Å². The van der Waals surface area contributed by atoms with Gasteiger partial charge in [0.05, 0.1) is 0 Å². The van der Waals surface area contributed by atoms with Crippen molar-refractivity contribution in [2.24, 2.45) is 0 Å². The molecule has 0 radical (unpaired) electrons. The molecule has 0 spiro atoms. The Hall–Kier alpha value is -0.680. The lowest BCUT2D eigenvalue weighted by atomic mass is 10.2. The number of carboxylic acid groups (broad SMARTS) is 1. The van der Waals surface area contributed by atoms with Crippen molar-refractivity contribution in [3.63, 3.8) is 0 Å². The van der Waals surface area contributed by atoms with Gasteiger partial charge >= 0.3 is 5.97 Å². The molecule has 0 bridgehead atoms. The number of hydrogen-bond acceptors (Lipinski definition) is 1. The third-order valence-corrected chi connectivity index (χ3v) is 3.52. The van der Waals surface area contributed by atoms with Crippen LogP contribution in [-0.4, -0.2) is 11.1 Å². The summed E-state index contributed by atoms with van der Waals surface area (Å²) in [5.74, 6) is -1.59. The molecule has 2 nitrogen and oxygen atoms in total.